The number of fused-ring (bicyclic) bond motifs is 1. The fraction of sp³-hybridized carbons (Fsp3) is 0.174. The Bertz CT molecular complexity index is 1080. The Hall–Kier alpha value is -3.47. The first-order valence-electron chi connectivity index (χ1n) is 9.17. The van der Waals surface area contributed by atoms with Gasteiger partial charge in [0.25, 0.3) is 0 Å². The summed E-state index contributed by atoms with van der Waals surface area (Å²) in [6, 6.07) is 22.1. The maximum absolute atomic E-state index is 6.05. The fourth-order valence-electron chi connectivity index (χ4n) is 3.36. The van der Waals surface area contributed by atoms with Crippen molar-refractivity contribution in [3.8, 4) is 11.5 Å². The Kier molecular flexibility index (Phi) is 4.89. The molecule has 0 bridgehead atoms. The van der Waals surface area contributed by atoms with Gasteiger partial charge in [-0.1, -0.05) is 24.3 Å². The fourth-order valence-corrected chi connectivity index (χ4v) is 3.36. The van der Waals surface area contributed by atoms with E-state index in [1.807, 2.05) is 42.5 Å². The van der Waals surface area contributed by atoms with E-state index in [4.69, 9.17) is 20.3 Å². The third-order valence-electron chi connectivity index (χ3n) is 4.89. The minimum absolute atomic E-state index is 0.685. The summed E-state index contributed by atoms with van der Waals surface area (Å²) in [5, 5.41) is 5.91. The third-order valence-corrected chi connectivity index (χ3v) is 4.89. The highest BCUT2D eigenvalue weighted by atomic mass is 16.5. The van der Waals surface area contributed by atoms with Crippen LogP contribution in [0.3, 0.4) is 0 Å². The number of nitrogens with two attached hydrogens (primary N) is 1. The van der Waals surface area contributed by atoms with Crippen molar-refractivity contribution in [1.82, 2.24) is 9.78 Å². The molecule has 0 saturated heterocycles. The van der Waals surface area contributed by atoms with Gasteiger partial charge in [0.05, 0.1) is 32.0 Å². The molecule has 0 atom stereocenters. The van der Waals surface area contributed by atoms with Gasteiger partial charge in [-0.05, 0) is 53.6 Å². The first-order valence-corrected chi connectivity index (χ1v) is 9.17. The number of methoxy groups -OCH3 is 2. The summed E-state index contributed by atoms with van der Waals surface area (Å²) >= 11 is 0. The molecule has 4 rings (SSSR count). The number of ether oxygens (including phenoxy) is 2. The Morgan fingerprint density at radius 3 is 2.04 bits per heavy atom. The van der Waals surface area contributed by atoms with Gasteiger partial charge in [0.1, 0.15) is 11.5 Å². The molecule has 0 aliphatic rings. The van der Waals surface area contributed by atoms with E-state index in [0.717, 1.165) is 45.8 Å². The average Bonchev–Trinajstić information content (AvgIpc) is 3.05. The van der Waals surface area contributed by atoms with Crippen LogP contribution in [0.1, 0.15) is 16.8 Å². The minimum atomic E-state index is 0.685. The summed E-state index contributed by atoms with van der Waals surface area (Å²) in [6.45, 7) is 0.685. The summed E-state index contributed by atoms with van der Waals surface area (Å²) < 4.78 is 12.6. The predicted octanol–water partition coefficient (Wildman–Crippen LogP) is 4.27. The summed E-state index contributed by atoms with van der Waals surface area (Å²) in [5.74, 6) is 1.70. The molecule has 28 heavy (non-hydrogen) atoms. The molecule has 5 nitrogen and oxygen atoms in total. The molecule has 0 amide bonds. The monoisotopic (exact) mass is 373 g/mol. The SMILES string of the molecule is COc1ccc(Cc2c3cc(N)ccc3nn2Cc2ccc(OC)cc2)cc1. The Morgan fingerprint density at radius 1 is 0.821 bits per heavy atom. The van der Waals surface area contributed by atoms with Gasteiger partial charge in [-0.25, -0.2) is 0 Å². The molecule has 0 spiro atoms. The number of hydrogen-bond donors (Lipinski definition) is 1. The molecule has 142 valence electrons. The van der Waals surface area contributed by atoms with Gasteiger partial charge in [-0.3, -0.25) is 4.68 Å². The van der Waals surface area contributed by atoms with Crippen LogP contribution in [0.25, 0.3) is 10.9 Å². The van der Waals surface area contributed by atoms with Gasteiger partial charge in [0.15, 0.2) is 0 Å². The van der Waals surface area contributed by atoms with Crippen LogP contribution in [-0.2, 0) is 13.0 Å². The summed E-state index contributed by atoms with van der Waals surface area (Å²) in [6.07, 6.45) is 0.764. The van der Waals surface area contributed by atoms with Crippen LogP contribution in [-0.4, -0.2) is 24.0 Å². The van der Waals surface area contributed by atoms with Crippen LogP contribution in [0.15, 0.2) is 66.7 Å². The van der Waals surface area contributed by atoms with Gasteiger partial charge in [-0.15, -0.1) is 0 Å². The van der Waals surface area contributed by atoms with Crippen LogP contribution in [0, 0.1) is 0 Å². The summed E-state index contributed by atoms with van der Waals surface area (Å²) in [7, 11) is 3.35. The van der Waals surface area contributed by atoms with Crippen molar-refractivity contribution < 1.29 is 9.47 Å². The lowest BCUT2D eigenvalue weighted by Gasteiger charge is -2.10. The minimum Gasteiger partial charge on any atom is -0.497 e. The van der Waals surface area contributed by atoms with E-state index in [1.54, 1.807) is 14.2 Å². The molecule has 1 heterocycles. The molecule has 0 aliphatic heterocycles. The topological polar surface area (TPSA) is 62.3 Å². The van der Waals surface area contributed by atoms with Crippen molar-refractivity contribution >= 4 is 16.6 Å². The molecule has 2 N–H and O–H groups in total. The number of rotatable bonds is 6. The van der Waals surface area contributed by atoms with Gasteiger partial charge in [0.2, 0.25) is 0 Å². The summed E-state index contributed by atoms with van der Waals surface area (Å²) in [5.41, 5.74) is 11.2. The molecule has 0 aliphatic carbocycles. The van der Waals surface area contributed by atoms with E-state index in [2.05, 4.69) is 28.9 Å². The number of anilines is 1. The first kappa shape index (κ1) is 17.9. The molecule has 3 aromatic carbocycles. The molecule has 0 radical (unpaired) electrons. The van der Waals surface area contributed by atoms with Crippen LogP contribution in [0.2, 0.25) is 0 Å². The van der Waals surface area contributed by atoms with Crippen molar-refractivity contribution in [2.45, 2.75) is 13.0 Å². The molecule has 0 unspecified atom stereocenters. The standard InChI is InChI=1S/C23H23N3O2/c1-27-19-8-3-16(4-9-19)13-23-21-14-18(24)7-12-22(21)25-26(23)15-17-5-10-20(28-2)11-6-17/h3-12,14H,13,15,24H2,1-2H3. The van der Waals surface area contributed by atoms with Crippen molar-refractivity contribution in [1.29, 1.82) is 0 Å². The normalized spacial score (nSPS) is 10.9. The smallest absolute Gasteiger partial charge is 0.118 e. The van der Waals surface area contributed by atoms with E-state index in [0.29, 0.717) is 6.54 Å². The zero-order valence-electron chi connectivity index (χ0n) is 16.1. The van der Waals surface area contributed by atoms with Crippen molar-refractivity contribution in [3.05, 3.63) is 83.6 Å². The zero-order valence-corrected chi connectivity index (χ0v) is 16.1. The molecule has 0 fully saturated rings. The van der Waals surface area contributed by atoms with Crippen LogP contribution >= 0.6 is 0 Å². The highest BCUT2D eigenvalue weighted by Crippen LogP contribution is 2.25. The third kappa shape index (κ3) is 3.64. The number of benzene rings is 3. The van der Waals surface area contributed by atoms with E-state index in [1.165, 1.54) is 5.56 Å². The molecule has 1 aromatic heterocycles. The van der Waals surface area contributed by atoms with Crippen LogP contribution in [0.5, 0.6) is 11.5 Å². The van der Waals surface area contributed by atoms with Crippen molar-refractivity contribution in [3.63, 3.8) is 0 Å². The van der Waals surface area contributed by atoms with E-state index in [-0.39, 0.29) is 0 Å². The quantitative estimate of drug-likeness (QED) is 0.513. The van der Waals surface area contributed by atoms with Crippen molar-refractivity contribution in [2.24, 2.45) is 0 Å². The number of nitrogens with zero attached hydrogens (tertiary/aromatic N) is 2. The van der Waals surface area contributed by atoms with Gasteiger partial charge in [0, 0.05) is 17.5 Å². The highest BCUT2D eigenvalue weighted by molar-refractivity contribution is 5.85. The average molecular weight is 373 g/mol. The van der Waals surface area contributed by atoms with E-state index < -0.39 is 0 Å². The lowest BCUT2D eigenvalue weighted by Crippen LogP contribution is -2.07. The maximum atomic E-state index is 6.05. The lowest BCUT2D eigenvalue weighted by atomic mass is 10.1. The number of hydrogen-bond acceptors (Lipinski definition) is 4. The maximum Gasteiger partial charge on any atom is 0.118 e. The zero-order chi connectivity index (χ0) is 19.5. The molecule has 0 saturated carbocycles. The molecular weight excluding hydrogens is 350 g/mol. The summed E-state index contributed by atoms with van der Waals surface area (Å²) in [4.78, 5) is 0. The first-order chi connectivity index (χ1) is 13.7. The van der Waals surface area contributed by atoms with Crippen molar-refractivity contribution in [2.75, 3.05) is 20.0 Å². The molecule has 4 aromatic rings. The van der Waals surface area contributed by atoms with Crippen LogP contribution < -0.4 is 15.2 Å². The largest absolute Gasteiger partial charge is 0.497 e. The van der Waals surface area contributed by atoms with Gasteiger partial charge < -0.3 is 15.2 Å². The predicted molar refractivity (Wildman–Crippen MR) is 112 cm³/mol. The lowest BCUT2D eigenvalue weighted by molar-refractivity contribution is 0.414. The van der Waals surface area contributed by atoms with Gasteiger partial charge in [-0.2, -0.15) is 5.10 Å². The second-order valence-electron chi connectivity index (χ2n) is 6.75. The number of aromatic nitrogens is 2. The van der Waals surface area contributed by atoms with E-state index >= 15 is 0 Å². The Morgan fingerprint density at radius 2 is 1.43 bits per heavy atom. The number of nitrogen functional groups attached to an aromatic ring is 1. The van der Waals surface area contributed by atoms with Gasteiger partial charge >= 0.3 is 0 Å². The molecular formula is C23H23N3O2. The highest BCUT2D eigenvalue weighted by Gasteiger charge is 2.13. The van der Waals surface area contributed by atoms with E-state index in [9.17, 15) is 0 Å². The molecule has 5 heteroatoms. The second kappa shape index (κ2) is 7.64. The van der Waals surface area contributed by atoms with Crippen LogP contribution in [0.4, 0.5) is 5.69 Å². The Labute approximate surface area is 164 Å². The second-order valence-corrected chi connectivity index (χ2v) is 6.75. The Balaban J connectivity index is 1.72.